The second kappa shape index (κ2) is 8.96. The number of unbranched alkanes of at least 4 members (excludes halogenated alkanes) is 5. The van der Waals surface area contributed by atoms with Gasteiger partial charge in [0.1, 0.15) is 0 Å². The first kappa shape index (κ1) is 17.9. The zero-order valence-corrected chi connectivity index (χ0v) is 15.9. The summed E-state index contributed by atoms with van der Waals surface area (Å²) in [5.41, 5.74) is 1.13. The van der Waals surface area contributed by atoms with Crippen LogP contribution in [0.4, 0.5) is 0 Å². The van der Waals surface area contributed by atoms with Gasteiger partial charge in [-0.15, -0.1) is 0 Å². The predicted molar refractivity (Wildman–Crippen MR) is 90.4 cm³/mol. The van der Waals surface area contributed by atoms with E-state index >= 15 is 0 Å². The van der Waals surface area contributed by atoms with Crippen LogP contribution in [-0.2, 0) is 5.41 Å². The Labute approximate surface area is 135 Å². The van der Waals surface area contributed by atoms with Gasteiger partial charge in [0.2, 0.25) is 0 Å². The number of hydrogen-bond acceptors (Lipinski definition) is 1. The number of phenols is 1. The molecule has 0 heterocycles. The first-order chi connectivity index (χ1) is 9.45. The molecule has 1 aromatic carbocycles. The van der Waals surface area contributed by atoms with Crippen LogP contribution in [-0.4, -0.2) is 26.0 Å². The van der Waals surface area contributed by atoms with Gasteiger partial charge in [0.25, 0.3) is 0 Å². The van der Waals surface area contributed by atoms with Crippen LogP contribution in [0.25, 0.3) is 0 Å². The van der Waals surface area contributed by atoms with Gasteiger partial charge in [-0.25, -0.2) is 0 Å². The minimum atomic E-state index is -0.0746. The maximum absolute atomic E-state index is 9.98. The molecule has 0 fully saturated rings. The molecule has 0 aliphatic heterocycles. The monoisotopic (exact) mass is 392 g/mol. The molecule has 0 spiro atoms. The van der Waals surface area contributed by atoms with Crippen molar-refractivity contribution in [2.24, 2.45) is 0 Å². The van der Waals surface area contributed by atoms with E-state index in [1.165, 1.54) is 46.6 Å². The number of phenolic OH excluding ortho intramolecular Hbond substituents is 1. The van der Waals surface area contributed by atoms with Crippen LogP contribution >= 0.6 is 0 Å². The molecule has 0 amide bonds. The molecule has 20 heavy (non-hydrogen) atoms. The summed E-state index contributed by atoms with van der Waals surface area (Å²) < 4.78 is 2.89. The summed E-state index contributed by atoms with van der Waals surface area (Å²) in [5, 5.41) is 9.98. The molecule has 0 aliphatic rings. The van der Waals surface area contributed by atoms with Gasteiger partial charge in [0.05, 0.1) is 0 Å². The van der Waals surface area contributed by atoms with Crippen molar-refractivity contribution in [2.45, 2.75) is 76.1 Å². The van der Waals surface area contributed by atoms with E-state index in [4.69, 9.17) is 0 Å². The van der Waals surface area contributed by atoms with Crippen molar-refractivity contribution in [3.05, 3.63) is 23.8 Å². The van der Waals surface area contributed by atoms with E-state index in [1.807, 2.05) is 6.07 Å². The van der Waals surface area contributed by atoms with E-state index in [0.29, 0.717) is 5.75 Å². The normalized spacial score (nSPS) is 11.8. The summed E-state index contributed by atoms with van der Waals surface area (Å²) in [5.74, 6) is 0.452. The van der Waals surface area contributed by atoms with Crippen LogP contribution in [0.15, 0.2) is 18.2 Å². The third-order valence-corrected chi connectivity index (χ3v) is 6.63. The van der Waals surface area contributed by atoms with Crippen molar-refractivity contribution in [2.75, 3.05) is 0 Å². The van der Waals surface area contributed by atoms with Crippen molar-refractivity contribution in [3.63, 3.8) is 0 Å². The summed E-state index contributed by atoms with van der Waals surface area (Å²) in [6, 6.07) is 6.26. The Bertz CT molecular complexity index is 393. The topological polar surface area (TPSA) is 20.2 Å². The molecule has 0 radical (unpaired) electrons. The van der Waals surface area contributed by atoms with Gasteiger partial charge >= 0.3 is 135 Å². The molecule has 0 saturated carbocycles. The second-order valence-electron chi connectivity index (χ2n) is 6.55. The van der Waals surface area contributed by atoms with Crippen LogP contribution in [0.2, 0.25) is 4.47 Å². The molecule has 1 aromatic rings. The summed E-state index contributed by atoms with van der Waals surface area (Å²) in [6.45, 7) is 8.77. The van der Waals surface area contributed by atoms with E-state index in [2.05, 4.69) is 39.8 Å². The number of aromatic hydroxyl groups is 1. The fourth-order valence-corrected chi connectivity index (χ4v) is 4.99. The van der Waals surface area contributed by atoms with Crippen LogP contribution in [0.3, 0.4) is 0 Å². The molecule has 0 unspecified atom stereocenters. The van der Waals surface area contributed by atoms with Crippen LogP contribution in [0.5, 0.6) is 5.75 Å². The number of rotatable bonds is 8. The zero-order valence-electron chi connectivity index (χ0n) is 13.5. The van der Waals surface area contributed by atoms with Gasteiger partial charge in [-0.1, -0.05) is 0 Å². The first-order valence-corrected chi connectivity index (χ1v) is 10.7. The van der Waals surface area contributed by atoms with Gasteiger partial charge in [-0.3, -0.25) is 0 Å². The van der Waals surface area contributed by atoms with E-state index in [9.17, 15) is 5.11 Å². The predicted octanol–water partition coefficient (Wildman–Crippen LogP) is 4.80. The SMILES string of the molecule is CCCCCCCC[Te]c1ccc(O)c(C(C)(C)C)c1. The van der Waals surface area contributed by atoms with E-state index in [1.54, 1.807) is 0 Å². The second-order valence-corrected chi connectivity index (χ2v) is 9.88. The zero-order chi connectivity index (χ0) is 15.0. The molecule has 1 nitrogen and oxygen atoms in total. The quantitative estimate of drug-likeness (QED) is 0.500. The third kappa shape index (κ3) is 6.51. The molecular weight excluding hydrogens is 360 g/mol. The Kier molecular flexibility index (Phi) is 8.00. The van der Waals surface area contributed by atoms with E-state index in [0.717, 1.165) is 5.56 Å². The Balaban J connectivity index is 2.38. The molecule has 0 aliphatic carbocycles. The van der Waals surface area contributed by atoms with E-state index < -0.39 is 0 Å². The van der Waals surface area contributed by atoms with E-state index in [-0.39, 0.29) is 26.3 Å². The molecule has 1 N–H and O–H groups in total. The van der Waals surface area contributed by atoms with Crippen LogP contribution < -0.4 is 3.61 Å². The number of hydrogen-bond donors (Lipinski definition) is 1. The minimum absolute atomic E-state index is 0.0349. The fourth-order valence-electron chi connectivity index (χ4n) is 2.28. The third-order valence-electron chi connectivity index (χ3n) is 3.54. The average molecular weight is 390 g/mol. The summed E-state index contributed by atoms with van der Waals surface area (Å²) in [4.78, 5) is 0. The van der Waals surface area contributed by atoms with Crippen LogP contribution in [0, 0.1) is 0 Å². The summed E-state index contributed by atoms with van der Waals surface area (Å²) in [6.07, 6.45) is 8.32. The average Bonchev–Trinajstić information content (AvgIpc) is 2.38. The summed E-state index contributed by atoms with van der Waals surface area (Å²) in [7, 11) is 0. The van der Waals surface area contributed by atoms with Gasteiger partial charge in [0, 0.05) is 0 Å². The first-order valence-electron chi connectivity index (χ1n) is 7.91. The standard InChI is InChI=1S/C18H30OTe/c1-5-6-7-8-9-10-13-20-15-11-12-17(19)16(14-15)18(2,3)4/h11-12,14,19H,5-10,13H2,1-4H3. The van der Waals surface area contributed by atoms with Crippen molar-refractivity contribution >= 4 is 24.5 Å². The fraction of sp³-hybridized carbons (Fsp3) is 0.667. The Morgan fingerprint density at radius 1 is 1.00 bits per heavy atom. The Hall–Kier alpha value is -0.190. The molecule has 2 heteroatoms. The molecule has 1 rings (SSSR count). The maximum atomic E-state index is 9.98. The summed E-state index contributed by atoms with van der Waals surface area (Å²) >= 11 is -0.0746. The molecule has 0 atom stereocenters. The van der Waals surface area contributed by atoms with Gasteiger partial charge in [-0.05, 0) is 0 Å². The van der Waals surface area contributed by atoms with Gasteiger partial charge in [-0.2, -0.15) is 0 Å². The van der Waals surface area contributed by atoms with Gasteiger partial charge < -0.3 is 0 Å². The molecule has 0 bridgehead atoms. The molecular formula is C18H30OTe. The Morgan fingerprint density at radius 2 is 1.65 bits per heavy atom. The molecule has 0 aromatic heterocycles. The Morgan fingerprint density at radius 3 is 2.30 bits per heavy atom. The van der Waals surface area contributed by atoms with Gasteiger partial charge in [0.15, 0.2) is 0 Å². The molecule has 0 saturated heterocycles. The van der Waals surface area contributed by atoms with Crippen molar-refractivity contribution < 1.29 is 5.11 Å². The van der Waals surface area contributed by atoms with Crippen molar-refractivity contribution in [1.29, 1.82) is 0 Å². The van der Waals surface area contributed by atoms with Crippen molar-refractivity contribution in [3.8, 4) is 5.75 Å². The van der Waals surface area contributed by atoms with Crippen molar-refractivity contribution in [1.82, 2.24) is 0 Å². The molecule has 114 valence electrons. The van der Waals surface area contributed by atoms with Crippen LogP contribution in [0.1, 0.15) is 71.8 Å². The number of benzene rings is 1.